The van der Waals surface area contributed by atoms with E-state index in [0.29, 0.717) is 41.3 Å². The lowest BCUT2D eigenvalue weighted by Crippen LogP contribution is -2.26. The molecule has 3 N–H and O–H groups in total. The predicted molar refractivity (Wildman–Crippen MR) is 100 cm³/mol. The Bertz CT molecular complexity index is 901. The average molecular weight is 351 g/mol. The largest absolute Gasteiger partial charge is 0.496 e. The molecule has 0 aliphatic carbocycles. The molecule has 3 aromatic rings. The Morgan fingerprint density at radius 3 is 2.65 bits per heavy atom. The van der Waals surface area contributed by atoms with E-state index in [1.165, 1.54) is 0 Å². The van der Waals surface area contributed by atoms with Crippen LogP contribution in [-0.2, 0) is 6.42 Å². The number of ether oxygens (including phenoxy) is 1. The zero-order valence-electron chi connectivity index (χ0n) is 14.8. The number of benzene rings is 2. The lowest BCUT2D eigenvalue weighted by atomic mass is 10.1. The molecule has 0 fully saturated rings. The van der Waals surface area contributed by atoms with Crippen molar-refractivity contribution in [3.63, 3.8) is 0 Å². The minimum atomic E-state index is -0.222. The highest BCUT2D eigenvalue weighted by molar-refractivity contribution is 6.01. The molecule has 1 aromatic heterocycles. The summed E-state index contributed by atoms with van der Waals surface area (Å²) in [5.41, 5.74) is 9.16. The molecule has 0 radical (unpaired) electrons. The van der Waals surface area contributed by atoms with Crippen molar-refractivity contribution in [2.75, 3.05) is 19.4 Å². The first-order chi connectivity index (χ1) is 12.6. The minimum absolute atomic E-state index is 0.222. The normalized spacial score (nSPS) is 10.5. The van der Waals surface area contributed by atoms with Crippen LogP contribution in [0.4, 0.5) is 5.69 Å². The van der Waals surface area contributed by atoms with Crippen molar-refractivity contribution in [3.05, 3.63) is 65.4 Å². The SMILES string of the molecule is COc1ccccc1-c1onc(C)c1C(=O)NCCc1ccc(N)cc1. The maximum Gasteiger partial charge on any atom is 0.257 e. The van der Waals surface area contributed by atoms with Crippen LogP contribution in [0, 0.1) is 6.92 Å². The Balaban J connectivity index is 1.75. The molecule has 0 saturated heterocycles. The zero-order chi connectivity index (χ0) is 18.5. The van der Waals surface area contributed by atoms with Crippen molar-refractivity contribution in [2.45, 2.75) is 13.3 Å². The summed E-state index contributed by atoms with van der Waals surface area (Å²) in [7, 11) is 1.58. The third kappa shape index (κ3) is 3.69. The van der Waals surface area contributed by atoms with Gasteiger partial charge in [0.1, 0.15) is 11.3 Å². The highest BCUT2D eigenvalue weighted by Crippen LogP contribution is 2.33. The van der Waals surface area contributed by atoms with Crippen LogP contribution in [0.2, 0.25) is 0 Å². The number of nitrogens with zero attached hydrogens (tertiary/aromatic N) is 1. The lowest BCUT2D eigenvalue weighted by molar-refractivity contribution is 0.0954. The van der Waals surface area contributed by atoms with Crippen molar-refractivity contribution < 1.29 is 14.1 Å². The fourth-order valence-electron chi connectivity index (χ4n) is 2.75. The monoisotopic (exact) mass is 351 g/mol. The summed E-state index contributed by atoms with van der Waals surface area (Å²) in [6, 6.07) is 15.0. The maximum atomic E-state index is 12.7. The summed E-state index contributed by atoms with van der Waals surface area (Å²) < 4.78 is 10.8. The number of carbonyl (C=O) groups excluding carboxylic acids is 1. The number of hydrogen-bond acceptors (Lipinski definition) is 5. The van der Waals surface area contributed by atoms with Gasteiger partial charge in [-0.3, -0.25) is 4.79 Å². The zero-order valence-corrected chi connectivity index (χ0v) is 14.8. The molecule has 1 heterocycles. The predicted octanol–water partition coefficient (Wildman–Crippen LogP) is 3.21. The van der Waals surface area contributed by atoms with E-state index in [0.717, 1.165) is 11.3 Å². The molecule has 3 rings (SSSR count). The van der Waals surface area contributed by atoms with Crippen LogP contribution in [0.25, 0.3) is 11.3 Å². The molecular formula is C20H21N3O3. The topological polar surface area (TPSA) is 90.4 Å². The van der Waals surface area contributed by atoms with Gasteiger partial charge in [-0.25, -0.2) is 0 Å². The number of aryl methyl sites for hydroxylation is 1. The standard InChI is InChI=1S/C20H21N3O3/c1-13-18(19(26-23-13)16-5-3-4-6-17(16)25-2)20(24)22-12-11-14-7-9-15(21)10-8-14/h3-10H,11-12,21H2,1-2H3,(H,22,24). The van der Waals surface area contributed by atoms with Crippen molar-refractivity contribution in [3.8, 4) is 17.1 Å². The van der Waals surface area contributed by atoms with Gasteiger partial charge in [0.05, 0.1) is 18.4 Å². The van der Waals surface area contributed by atoms with Gasteiger partial charge in [-0.15, -0.1) is 0 Å². The number of aromatic nitrogens is 1. The molecule has 0 unspecified atom stereocenters. The van der Waals surface area contributed by atoms with Gasteiger partial charge < -0.3 is 20.3 Å². The molecule has 0 aliphatic rings. The molecule has 0 saturated carbocycles. The van der Waals surface area contributed by atoms with Gasteiger partial charge in [-0.2, -0.15) is 0 Å². The summed E-state index contributed by atoms with van der Waals surface area (Å²) in [5.74, 6) is 0.810. The first-order valence-electron chi connectivity index (χ1n) is 8.32. The Morgan fingerprint density at radius 2 is 1.92 bits per heavy atom. The summed E-state index contributed by atoms with van der Waals surface area (Å²) in [6.45, 7) is 2.25. The highest BCUT2D eigenvalue weighted by Gasteiger charge is 2.23. The quantitative estimate of drug-likeness (QED) is 0.666. The van der Waals surface area contributed by atoms with Crippen molar-refractivity contribution >= 4 is 11.6 Å². The van der Waals surface area contributed by atoms with E-state index in [1.807, 2.05) is 48.5 Å². The Labute approximate surface area is 152 Å². The van der Waals surface area contributed by atoms with Gasteiger partial charge in [-0.05, 0) is 43.2 Å². The van der Waals surface area contributed by atoms with Crippen LogP contribution in [0.5, 0.6) is 5.75 Å². The Hall–Kier alpha value is -3.28. The van der Waals surface area contributed by atoms with Gasteiger partial charge in [-0.1, -0.05) is 29.4 Å². The van der Waals surface area contributed by atoms with Crippen molar-refractivity contribution in [1.29, 1.82) is 0 Å². The number of nitrogen functional groups attached to an aromatic ring is 1. The third-order valence-electron chi connectivity index (χ3n) is 4.12. The van der Waals surface area contributed by atoms with Crippen LogP contribution in [0.3, 0.4) is 0 Å². The molecule has 1 amide bonds. The number of para-hydroxylation sites is 1. The van der Waals surface area contributed by atoms with Gasteiger partial charge in [0, 0.05) is 12.2 Å². The number of nitrogens with one attached hydrogen (secondary N) is 1. The molecule has 26 heavy (non-hydrogen) atoms. The molecule has 6 heteroatoms. The van der Waals surface area contributed by atoms with Crippen LogP contribution >= 0.6 is 0 Å². The summed E-state index contributed by atoms with van der Waals surface area (Å²) in [6.07, 6.45) is 0.709. The van der Waals surface area contributed by atoms with Gasteiger partial charge in [0.15, 0.2) is 5.76 Å². The van der Waals surface area contributed by atoms with E-state index in [2.05, 4.69) is 10.5 Å². The molecule has 0 aliphatic heterocycles. The first kappa shape index (κ1) is 17.5. The molecule has 2 aromatic carbocycles. The molecular weight excluding hydrogens is 330 g/mol. The molecule has 134 valence electrons. The van der Waals surface area contributed by atoms with E-state index in [4.69, 9.17) is 15.0 Å². The maximum absolute atomic E-state index is 12.7. The second-order valence-electron chi connectivity index (χ2n) is 5.92. The van der Waals surface area contributed by atoms with Crippen LogP contribution in [-0.4, -0.2) is 24.7 Å². The summed E-state index contributed by atoms with van der Waals surface area (Å²) >= 11 is 0. The van der Waals surface area contributed by atoms with E-state index in [9.17, 15) is 4.79 Å². The number of hydrogen-bond donors (Lipinski definition) is 2. The first-order valence-corrected chi connectivity index (χ1v) is 8.32. The number of amides is 1. The second-order valence-corrected chi connectivity index (χ2v) is 5.92. The van der Waals surface area contributed by atoms with Gasteiger partial charge >= 0.3 is 0 Å². The number of nitrogens with two attached hydrogens (primary N) is 1. The lowest BCUT2D eigenvalue weighted by Gasteiger charge is -2.08. The van der Waals surface area contributed by atoms with E-state index >= 15 is 0 Å². The van der Waals surface area contributed by atoms with Crippen molar-refractivity contribution in [1.82, 2.24) is 10.5 Å². The average Bonchev–Trinajstić information content (AvgIpc) is 3.04. The molecule has 0 bridgehead atoms. The number of methoxy groups -OCH3 is 1. The third-order valence-corrected chi connectivity index (χ3v) is 4.12. The van der Waals surface area contributed by atoms with E-state index in [-0.39, 0.29) is 5.91 Å². The molecule has 0 atom stereocenters. The van der Waals surface area contributed by atoms with Gasteiger partial charge in [0.25, 0.3) is 5.91 Å². The fourth-order valence-corrected chi connectivity index (χ4v) is 2.75. The Kier molecular flexibility index (Phi) is 5.22. The van der Waals surface area contributed by atoms with E-state index in [1.54, 1.807) is 14.0 Å². The molecule has 6 nitrogen and oxygen atoms in total. The van der Waals surface area contributed by atoms with Gasteiger partial charge in [0.2, 0.25) is 0 Å². The van der Waals surface area contributed by atoms with E-state index < -0.39 is 0 Å². The Morgan fingerprint density at radius 1 is 1.19 bits per heavy atom. The van der Waals surface area contributed by atoms with Crippen molar-refractivity contribution in [2.24, 2.45) is 0 Å². The number of anilines is 1. The van der Waals surface area contributed by atoms with Crippen LogP contribution < -0.4 is 15.8 Å². The minimum Gasteiger partial charge on any atom is -0.496 e. The van der Waals surface area contributed by atoms with Crippen LogP contribution in [0.1, 0.15) is 21.6 Å². The number of rotatable bonds is 6. The van der Waals surface area contributed by atoms with Crippen LogP contribution in [0.15, 0.2) is 53.1 Å². The highest BCUT2D eigenvalue weighted by atomic mass is 16.5. The fraction of sp³-hybridized carbons (Fsp3) is 0.200. The molecule has 0 spiro atoms. The smallest absolute Gasteiger partial charge is 0.257 e. The number of carbonyl (C=O) groups is 1. The second kappa shape index (κ2) is 7.74. The summed E-state index contributed by atoms with van der Waals surface area (Å²) in [5, 5.41) is 6.89. The summed E-state index contributed by atoms with van der Waals surface area (Å²) in [4.78, 5) is 12.7.